The van der Waals surface area contributed by atoms with Gasteiger partial charge < -0.3 is 4.74 Å². The highest BCUT2D eigenvalue weighted by Crippen LogP contribution is 2.31. The summed E-state index contributed by atoms with van der Waals surface area (Å²) in [6, 6.07) is 0. The van der Waals surface area contributed by atoms with Crippen molar-refractivity contribution in [2.24, 2.45) is 5.41 Å². The number of rotatable bonds is 2. The van der Waals surface area contributed by atoms with E-state index < -0.39 is 0 Å². The van der Waals surface area contributed by atoms with E-state index >= 15 is 0 Å². The van der Waals surface area contributed by atoms with Gasteiger partial charge in [0.25, 0.3) is 0 Å². The van der Waals surface area contributed by atoms with Crippen LogP contribution >= 0.6 is 0 Å². The van der Waals surface area contributed by atoms with E-state index in [-0.39, 0.29) is 18.1 Å². The molecule has 1 atom stereocenters. The fraction of sp³-hybridized carbons (Fsp3) is 1.00. The normalized spacial score (nSPS) is 28.1. The van der Waals surface area contributed by atoms with E-state index in [0.717, 1.165) is 6.61 Å². The third kappa shape index (κ3) is 1.01. The Labute approximate surface area is 49.5 Å². The SMILES string of the molecule is CC(C)(C[O])C1CO1. The first-order valence-corrected chi connectivity index (χ1v) is 2.86. The summed E-state index contributed by atoms with van der Waals surface area (Å²) in [6.45, 7) is 4.64. The first-order valence-electron chi connectivity index (χ1n) is 2.86. The van der Waals surface area contributed by atoms with E-state index in [0.29, 0.717) is 0 Å². The molecule has 1 fully saturated rings. The lowest BCUT2D eigenvalue weighted by atomic mass is 9.91. The first-order chi connectivity index (χ1) is 3.67. The van der Waals surface area contributed by atoms with Crippen LogP contribution in [0, 0.1) is 5.41 Å². The van der Waals surface area contributed by atoms with Gasteiger partial charge in [0, 0.05) is 5.41 Å². The Hall–Kier alpha value is -0.0800. The molecule has 1 unspecified atom stereocenters. The Kier molecular flexibility index (Phi) is 1.29. The third-order valence-electron chi connectivity index (χ3n) is 1.58. The zero-order chi connectivity index (χ0) is 6.20. The van der Waals surface area contributed by atoms with Crippen LogP contribution in [-0.2, 0) is 9.84 Å². The van der Waals surface area contributed by atoms with Crippen LogP contribution in [0.5, 0.6) is 0 Å². The van der Waals surface area contributed by atoms with E-state index in [1.807, 2.05) is 13.8 Å². The topological polar surface area (TPSA) is 32.4 Å². The molecule has 2 nitrogen and oxygen atoms in total. The van der Waals surface area contributed by atoms with Gasteiger partial charge in [-0.05, 0) is 0 Å². The Morgan fingerprint density at radius 3 is 2.38 bits per heavy atom. The van der Waals surface area contributed by atoms with Crippen molar-refractivity contribution >= 4 is 0 Å². The molecule has 1 saturated heterocycles. The first kappa shape index (κ1) is 6.05. The fourth-order valence-corrected chi connectivity index (χ4v) is 0.592. The lowest BCUT2D eigenvalue weighted by Gasteiger charge is -2.15. The maximum Gasteiger partial charge on any atom is 0.0898 e. The molecule has 0 aromatic rings. The van der Waals surface area contributed by atoms with Crippen molar-refractivity contribution < 1.29 is 9.84 Å². The largest absolute Gasteiger partial charge is 0.372 e. The lowest BCUT2D eigenvalue weighted by Crippen LogP contribution is -2.22. The van der Waals surface area contributed by atoms with E-state index in [4.69, 9.17) is 4.74 Å². The van der Waals surface area contributed by atoms with Crippen molar-refractivity contribution in [3.8, 4) is 0 Å². The van der Waals surface area contributed by atoms with Crippen LogP contribution in [0.2, 0.25) is 0 Å². The van der Waals surface area contributed by atoms with E-state index in [1.54, 1.807) is 0 Å². The summed E-state index contributed by atoms with van der Waals surface area (Å²) in [5.41, 5.74) is -0.125. The Bertz CT molecular complexity index is 84.5. The maximum atomic E-state index is 10.4. The predicted octanol–water partition coefficient (Wildman–Crippen LogP) is 0.842. The summed E-state index contributed by atoms with van der Waals surface area (Å²) in [7, 11) is 0. The summed E-state index contributed by atoms with van der Waals surface area (Å²) in [5.74, 6) is 0. The summed E-state index contributed by atoms with van der Waals surface area (Å²) < 4.78 is 4.96. The third-order valence-corrected chi connectivity index (χ3v) is 1.58. The van der Waals surface area contributed by atoms with Gasteiger partial charge in [-0.25, -0.2) is 5.11 Å². The minimum atomic E-state index is -0.125. The molecule has 1 aliphatic rings. The number of epoxide rings is 1. The van der Waals surface area contributed by atoms with Crippen molar-refractivity contribution in [2.45, 2.75) is 20.0 Å². The van der Waals surface area contributed by atoms with Crippen LogP contribution in [-0.4, -0.2) is 19.3 Å². The highest BCUT2D eigenvalue weighted by Gasteiger charge is 2.39. The summed E-state index contributed by atoms with van der Waals surface area (Å²) in [5, 5.41) is 10.4. The van der Waals surface area contributed by atoms with Gasteiger partial charge in [-0.15, -0.1) is 0 Å². The Balaban J connectivity index is 2.37. The van der Waals surface area contributed by atoms with Gasteiger partial charge in [0.2, 0.25) is 0 Å². The molecular weight excluding hydrogens is 104 g/mol. The van der Waals surface area contributed by atoms with Crippen molar-refractivity contribution in [1.29, 1.82) is 0 Å². The molecule has 1 rings (SSSR count). The molecule has 1 radical (unpaired) electrons. The van der Waals surface area contributed by atoms with Gasteiger partial charge in [0.05, 0.1) is 19.3 Å². The highest BCUT2D eigenvalue weighted by atomic mass is 16.6. The molecule has 8 heavy (non-hydrogen) atoms. The number of hydrogen-bond donors (Lipinski definition) is 0. The number of ether oxygens (including phenoxy) is 1. The Morgan fingerprint density at radius 2 is 2.25 bits per heavy atom. The molecule has 1 aliphatic heterocycles. The standard InChI is InChI=1S/C6H11O2/c1-6(2,4-7)5-3-8-5/h5H,3-4H2,1-2H3. The van der Waals surface area contributed by atoms with Gasteiger partial charge in [0.15, 0.2) is 0 Å². The summed E-state index contributed by atoms with van der Waals surface area (Å²) in [6.07, 6.45) is 0.250. The van der Waals surface area contributed by atoms with Gasteiger partial charge in [-0.3, -0.25) is 0 Å². The maximum absolute atomic E-state index is 10.4. The highest BCUT2D eigenvalue weighted by molar-refractivity contribution is 4.85. The number of hydrogen-bond acceptors (Lipinski definition) is 1. The van der Waals surface area contributed by atoms with Gasteiger partial charge in [0.1, 0.15) is 0 Å². The van der Waals surface area contributed by atoms with Crippen LogP contribution in [0.3, 0.4) is 0 Å². The van der Waals surface area contributed by atoms with Gasteiger partial charge >= 0.3 is 0 Å². The molecule has 0 aromatic carbocycles. The second kappa shape index (κ2) is 1.71. The van der Waals surface area contributed by atoms with Crippen molar-refractivity contribution in [1.82, 2.24) is 0 Å². The van der Waals surface area contributed by atoms with Crippen LogP contribution in [0.1, 0.15) is 13.8 Å². The lowest BCUT2D eigenvalue weighted by molar-refractivity contribution is 0.0710. The van der Waals surface area contributed by atoms with Crippen molar-refractivity contribution in [3.05, 3.63) is 0 Å². The zero-order valence-electron chi connectivity index (χ0n) is 5.31. The second-order valence-corrected chi connectivity index (χ2v) is 2.95. The molecule has 47 valence electrons. The molecule has 0 aromatic heterocycles. The smallest absolute Gasteiger partial charge is 0.0898 e. The van der Waals surface area contributed by atoms with Crippen LogP contribution in [0.25, 0.3) is 0 Å². The van der Waals surface area contributed by atoms with E-state index in [2.05, 4.69) is 0 Å². The average molecular weight is 115 g/mol. The molecule has 0 amide bonds. The van der Waals surface area contributed by atoms with Gasteiger partial charge in [-0.2, -0.15) is 0 Å². The van der Waals surface area contributed by atoms with E-state index in [1.165, 1.54) is 0 Å². The predicted molar refractivity (Wildman–Crippen MR) is 29.1 cm³/mol. The fourth-order valence-electron chi connectivity index (χ4n) is 0.592. The minimum absolute atomic E-state index is 0.0301. The van der Waals surface area contributed by atoms with Crippen LogP contribution in [0.4, 0.5) is 0 Å². The molecule has 0 aliphatic carbocycles. The minimum Gasteiger partial charge on any atom is -0.372 e. The molecule has 2 heteroatoms. The zero-order valence-corrected chi connectivity index (χ0v) is 5.31. The molecule has 1 heterocycles. The monoisotopic (exact) mass is 115 g/mol. The molecule has 0 N–H and O–H groups in total. The Morgan fingerprint density at radius 1 is 1.75 bits per heavy atom. The van der Waals surface area contributed by atoms with Crippen molar-refractivity contribution in [2.75, 3.05) is 13.2 Å². The molecule has 0 bridgehead atoms. The molecule has 0 spiro atoms. The van der Waals surface area contributed by atoms with Crippen LogP contribution < -0.4 is 0 Å². The second-order valence-electron chi connectivity index (χ2n) is 2.95. The summed E-state index contributed by atoms with van der Waals surface area (Å²) >= 11 is 0. The summed E-state index contributed by atoms with van der Waals surface area (Å²) in [4.78, 5) is 0. The van der Waals surface area contributed by atoms with Crippen LogP contribution in [0.15, 0.2) is 0 Å². The molecule has 0 saturated carbocycles. The quantitative estimate of drug-likeness (QED) is 0.491. The van der Waals surface area contributed by atoms with Gasteiger partial charge in [-0.1, -0.05) is 13.8 Å². The molecular formula is C6H11O2. The average Bonchev–Trinajstić information content (AvgIpc) is 2.44. The van der Waals surface area contributed by atoms with E-state index in [9.17, 15) is 5.11 Å². The van der Waals surface area contributed by atoms with Crippen molar-refractivity contribution in [3.63, 3.8) is 0 Å².